The molecule has 0 saturated carbocycles. The first-order valence-electron chi connectivity index (χ1n) is 6.34. The zero-order chi connectivity index (χ0) is 12.1. The van der Waals surface area contributed by atoms with E-state index >= 15 is 0 Å². The van der Waals surface area contributed by atoms with Crippen molar-refractivity contribution in [2.24, 2.45) is 0 Å². The topological polar surface area (TPSA) is 3.24 Å². The van der Waals surface area contributed by atoms with Crippen molar-refractivity contribution < 1.29 is 0 Å². The molecular formula is C14H19Cl2N. The highest BCUT2D eigenvalue weighted by Gasteiger charge is 2.21. The summed E-state index contributed by atoms with van der Waals surface area (Å²) in [5, 5.41) is 0.810. The van der Waals surface area contributed by atoms with Crippen molar-refractivity contribution in [3.8, 4) is 0 Å². The van der Waals surface area contributed by atoms with Crippen LogP contribution in [0.2, 0.25) is 5.02 Å². The van der Waals surface area contributed by atoms with E-state index in [4.69, 9.17) is 23.2 Å². The van der Waals surface area contributed by atoms with E-state index < -0.39 is 0 Å². The molecule has 1 atom stereocenters. The van der Waals surface area contributed by atoms with Crippen molar-refractivity contribution in [2.45, 2.75) is 38.3 Å². The molecule has 0 aliphatic carbocycles. The SMILES string of the molecule is ClCCC1CCCCN1Cc1ccc(Cl)cc1. The molecule has 1 aliphatic heterocycles. The maximum atomic E-state index is 5.90. The van der Waals surface area contributed by atoms with Gasteiger partial charge in [-0.3, -0.25) is 4.90 Å². The van der Waals surface area contributed by atoms with Crippen molar-refractivity contribution in [2.75, 3.05) is 12.4 Å². The molecule has 1 saturated heterocycles. The van der Waals surface area contributed by atoms with Gasteiger partial charge in [-0.2, -0.15) is 0 Å². The van der Waals surface area contributed by atoms with Gasteiger partial charge in [0.2, 0.25) is 0 Å². The summed E-state index contributed by atoms with van der Waals surface area (Å²) in [6.45, 7) is 2.23. The number of hydrogen-bond acceptors (Lipinski definition) is 1. The van der Waals surface area contributed by atoms with Crippen LogP contribution in [0.15, 0.2) is 24.3 Å². The first-order chi connectivity index (χ1) is 8.29. The monoisotopic (exact) mass is 271 g/mol. The van der Waals surface area contributed by atoms with Crippen LogP contribution in [0.25, 0.3) is 0 Å². The second kappa shape index (κ2) is 6.63. The zero-order valence-corrected chi connectivity index (χ0v) is 11.6. The highest BCUT2D eigenvalue weighted by atomic mass is 35.5. The molecule has 0 bridgehead atoms. The molecule has 3 heteroatoms. The largest absolute Gasteiger partial charge is 0.296 e. The molecule has 0 spiro atoms. The Kier molecular flexibility index (Phi) is 5.15. The number of alkyl halides is 1. The van der Waals surface area contributed by atoms with E-state index in [0.717, 1.165) is 23.9 Å². The quantitative estimate of drug-likeness (QED) is 0.738. The van der Waals surface area contributed by atoms with Gasteiger partial charge >= 0.3 is 0 Å². The summed E-state index contributed by atoms with van der Waals surface area (Å²) < 4.78 is 0. The fraction of sp³-hybridized carbons (Fsp3) is 0.571. The van der Waals surface area contributed by atoms with Crippen LogP contribution in [0.4, 0.5) is 0 Å². The lowest BCUT2D eigenvalue weighted by atomic mass is 9.99. The molecule has 1 heterocycles. The smallest absolute Gasteiger partial charge is 0.0406 e. The van der Waals surface area contributed by atoms with Gasteiger partial charge in [0.05, 0.1) is 0 Å². The molecule has 0 aromatic heterocycles. The van der Waals surface area contributed by atoms with Gasteiger partial charge in [0.25, 0.3) is 0 Å². The molecule has 1 nitrogen and oxygen atoms in total. The van der Waals surface area contributed by atoms with Gasteiger partial charge in [0.15, 0.2) is 0 Å². The Morgan fingerprint density at radius 2 is 1.94 bits per heavy atom. The van der Waals surface area contributed by atoms with Gasteiger partial charge in [0, 0.05) is 23.5 Å². The lowest BCUT2D eigenvalue weighted by molar-refractivity contribution is 0.137. The lowest BCUT2D eigenvalue weighted by Crippen LogP contribution is -2.39. The molecular weight excluding hydrogens is 253 g/mol. The third-order valence-electron chi connectivity index (χ3n) is 3.49. The first-order valence-corrected chi connectivity index (χ1v) is 7.25. The second-order valence-corrected chi connectivity index (χ2v) is 5.54. The Balaban J connectivity index is 1.97. The second-order valence-electron chi connectivity index (χ2n) is 4.72. The third-order valence-corrected chi connectivity index (χ3v) is 3.96. The molecule has 0 N–H and O–H groups in total. The number of benzene rings is 1. The van der Waals surface area contributed by atoms with E-state index in [1.54, 1.807) is 0 Å². The number of rotatable bonds is 4. The van der Waals surface area contributed by atoms with Crippen LogP contribution in [-0.4, -0.2) is 23.4 Å². The standard InChI is InChI=1S/C14H19Cl2N/c15-9-8-14-3-1-2-10-17(14)11-12-4-6-13(16)7-5-12/h4-7,14H,1-3,8-11H2. The maximum absolute atomic E-state index is 5.90. The lowest BCUT2D eigenvalue weighted by Gasteiger charge is -2.35. The summed E-state index contributed by atoms with van der Waals surface area (Å²) in [6, 6.07) is 8.84. The average molecular weight is 272 g/mol. The number of nitrogens with zero attached hydrogens (tertiary/aromatic N) is 1. The van der Waals surface area contributed by atoms with E-state index in [1.807, 2.05) is 12.1 Å². The van der Waals surface area contributed by atoms with Crippen LogP contribution in [0.1, 0.15) is 31.2 Å². The molecule has 1 fully saturated rings. The molecule has 1 aliphatic rings. The molecule has 2 rings (SSSR count). The molecule has 1 aromatic rings. The normalized spacial score (nSPS) is 21.6. The van der Waals surface area contributed by atoms with Gasteiger partial charge in [-0.05, 0) is 43.5 Å². The van der Waals surface area contributed by atoms with E-state index in [9.17, 15) is 0 Å². The first kappa shape index (κ1) is 13.2. The summed E-state index contributed by atoms with van der Waals surface area (Å²) in [6.07, 6.45) is 5.06. The van der Waals surface area contributed by atoms with Crippen LogP contribution in [0.5, 0.6) is 0 Å². The van der Waals surface area contributed by atoms with Gasteiger partial charge < -0.3 is 0 Å². The van der Waals surface area contributed by atoms with E-state index in [2.05, 4.69) is 17.0 Å². The maximum Gasteiger partial charge on any atom is 0.0406 e. The van der Waals surface area contributed by atoms with Crippen molar-refractivity contribution in [1.82, 2.24) is 4.90 Å². The fourth-order valence-corrected chi connectivity index (χ4v) is 2.92. The van der Waals surface area contributed by atoms with Gasteiger partial charge in [0.1, 0.15) is 0 Å². The van der Waals surface area contributed by atoms with Gasteiger partial charge in [-0.1, -0.05) is 30.2 Å². The molecule has 1 aromatic carbocycles. The van der Waals surface area contributed by atoms with Crippen LogP contribution in [-0.2, 0) is 6.54 Å². The number of piperidine rings is 1. The summed E-state index contributed by atoms with van der Waals surface area (Å²) in [5.74, 6) is 0.766. The van der Waals surface area contributed by atoms with Crippen molar-refractivity contribution in [1.29, 1.82) is 0 Å². The van der Waals surface area contributed by atoms with E-state index in [1.165, 1.54) is 31.4 Å². The van der Waals surface area contributed by atoms with E-state index in [-0.39, 0.29) is 0 Å². The molecule has 0 amide bonds. The minimum absolute atomic E-state index is 0.664. The average Bonchev–Trinajstić information content (AvgIpc) is 2.35. The highest BCUT2D eigenvalue weighted by Crippen LogP contribution is 2.22. The van der Waals surface area contributed by atoms with Crippen LogP contribution in [0.3, 0.4) is 0 Å². The zero-order valence-electron chi connectivity index (χ0n) is 10.0. The molecule has 94 valence electrons. The minimum atomic E-state index is 0.664. The number of likely N-dealkylation sites (tertiary alicyclic amines) is 1. The predicted molar refractivity (Wildman–Crippen MR) is 74.8 cm³/mol. The fourth-order valence-electron chi connectivity index (χ4n) is 2.55. The highest BCUT2D eigenvalue weighted by molar-refractivity contribution is 6.30. The number of halogens is 2. The van der Waals surface area contributed by atoms with Gasteiger partial charge in [-0.25, -0.2) is 0 Å². The van der Waals surface area contributed by atoms with Crippen LogP contribution in [0, 0.1) is 0 Å². The van der Waals surface area contributed by atoms with E-state index in [0.29, 0.717) is 6.04 Å². The predicted octanol–water partition coefficient (Wildman–Crippen LogP) is 4.32. The summed E-state index contributed by atoms with van der Waals surface area (Å²) in [5.41, 5.74) is 1.34. The molecule has 17 heavy (non-hydrogen) atoms. The van der Waals surface area contributed by atoms with Crippen LogP contribution < -0.4 is 0 Å². The van der Waals surface area contributed by atoms with Crippen LogP contribution >= 0.6 is 23.2 Å². The van der Waals surface area contributed by atoms with Crippen molar-refractivity contribution in [3.05, 3.63) is 34.9 Å². The Labute approximate surface area is 114 Å². The van der Waals surface area contributed by atoms with Gasteiger partial charge in [-0.15, -0.1) is 11.6 Å². The molecule has 0 radical (unpaired) electrons. The summed E-state index contributed by atoms with van der Waals surface area (Å²) >= 11 is 11.8. The summed E-state index contributed by atoms with van der Waals surface area (Å²) in [4.78, 5) is 2.56. The number of hydrogen-bond donors (Lipinski definition) is 0. The Bertz CT molecular complexity index is 335. The minimum Gasteiger partial charge on any atom is -0.296 e. The van der Waals surface area contributed by atoms with Crippen molar-refractivity contribution >= 4 is 23.2 Å². The summed E-state index contributed by atoms with van der Waals surface area (Å²) in [7, 11) is 0. The Morgan fingerprint density at radius 3 is 2.65 bits per heavy atom. The Morgan fingerprint density at radius 1 is 1.18 bits per heavy atom. The Hall–Kier alpha value is -0.240. The van der Waals surface area contributed by atoms with Crippen molar-refractivity contribution in [3.63, 3.8) is 0 Å². The third kappa shape index (κ3) is 3.87. The molecule has 1 unspecified atom stereocenters.